The van der Waals surface area contributed by atoms with Crippen LogP contribution < -0.4 is 10.2 Å². The maximum Gasteiger partial charge on any atom is 0.225 e. The van der Waals surface area contributed by atoms with Crippen molar-refractivity contribution in [2.24, 2.45) is 5.92 Å². The van der Waals surface area contributed by atoms with Crippen molar-refractivity contribution in [3.63, 3.8) is 0 Å². The molecule has 0 radical (unpaired) electrons. The number of carbonyl (C=O) groups excluding carboxylic acids is 1. The first-order chi connectivity index (χ1) is 13.2. The highest BCUT2D eigenvalue weighted by Gasteiger charge is 2.26. The lowest BCUT2D eigenvalue weighted by Gasteiger charge is -2.28. The maximum absolute atomic E-state index is 13.0. The molecule has 0 bridgehead atoms. The minimum atomic E-state index is -0.266. The Morgan fingerprint density at radius 3 is 2.74 bits per heavy atom. The lowest BCUT2D eigenvalue weighted by atomic mass is 9.86. The zero-order chi connectivity index (χ0) is 18.6. The minimum Gasteiger partial charge on any atom is -0.352 e. The molecule has 2 aliphatic rings. The molecule has 1 atom stereocenters. The number of hydrogen-bond acceptors (Lipinski definition) is 4. The molecular weight excluding hydrogens is 343 g/mol. The summed E-state index contributed by atoms with van der Waals surface area (Å²) in [5, 5.41) is 2.97. The van der Waals surface area contributed by atoms with Crippen molar-refractivity contribution in [2.45, 2.75) is 45.1 Å². The van der Waals surface area contributed by atoms with E-state index in [0.717, 1.165) is 48.7 Å². The normalized spacial score (nSPS) is 19.4. The highest BCUT2D eigenvalue weighted by Crippen LogP contribution is 2.26. The van der Waals surface area contributed by atoms with Gasteiger partial charge in [-0.25, -0.2) is 14.4 Å². The van der Waals surface area contributed by atoms with Crippen LogP contribution in [-0.4, -0.2) is 29.0 Å². The van der Waals surface area contributed by atoms with E-state index in [2.05, 4.69) is 15.2 Å². The molecule has 2 aromatic rings. The van der Waals surface area contributed by atoms with E-state index in [-0.39, 0.29) is 17.6 Å². The number of aryl methyl sites for hydroxylation is 1. The maximum atomic E-state index is 13.0. The molecule has 1 aliphatic heterocycles. The Bertz CT molecular complexity index is 802. The Morgan fingerprint density at radius 2 is 1.96 bits per heavy atom. The van der Waals surface area contributed by atoms with Crippen LogP contribution in [0.3, 0.4) is 0 Å². The molecule has 1 amide bonds. The summed E-state index contributed by atoms with van der Waals surface area (Å²) in [6.45, 7) is 2.49. The van der Waals surface area contributed by atoms with Gasteiger partial charge in [0.05, 0.1) is 0 Å². The molecule has 1 fully saturated rings. The van der Waals surface area contributed by atoms with Crippen molar-refractivity contribution in [1.29, 1.82) is 0 Å². The fraction of sp³-hybridized carbons (Fsp3) is 0.476. The fourth-order valence-electron chi connectivity index (χ4n) is 3.90. The molecule has 5 nitrogen and oxygen atoms in total. The number of piperidine rings is 1. The van der Waals surface area contributed by atoms with Gasteiger partial charge in [0.1, 0.15) is 5.82 Å². The van der Waals surface area contributed by atoms with Crippen molar-refractivity contribution >= 4 is 11.9 Å². The number of fused-ring (bicyclic) bond motifs is 1. The van der Waals surface area contributed by atoms with E-state index in [4.69, 9.17) is 4.98 Å². The van der Waals surface area contributed by atoms with Crippen molar-refractivity contribution in [3.05, 3.63) is 53.1 Å². The smallest absolute Gasteiger partial charge is 0.225 e. The second-order valence-corrected chi connectivity index (χ2v) is 7.47. The second kappa shape index (κ2) is 8.03. The summed E-state index contributed by atoms with van der Waals surface area (Å²) in [7, 11) is 0. The second-order valence-electron chi connectivity index (χ2n) is 7.47. The van der Waals surface area contributed by atoms with Crippen molar-refractivity contribution in [3.8, 4) is 0 Å². The van der Waals surface area contributed by atoms with Crippen molar-refractivity contribution < 1.29 is 9.18 Å². The summed E-state index contributed by atoms with van der Waals surface area (Å²) in [6, 6.07) is 6.22. The van der Waals surface area contributed by atoms with Crippen molar-refractivity contribution in [2.75, 3.05) is 18.0 Å². The first kappa shape index (κ1) is 17.9. The van der Waals surface area contributed by atoms with E-state index < -0.39 is 0 Å². The molecular formula is C21H25FN4O. The minimum absolute atomic E-state index is 0.0464. The van der Waals surface area contributed by atoms with Gasteiger partial charge in [-0.2, -0.15) is 0 Å². The summed E-state index contributed by atoms with van der Waals surface area (Å²) < 4.78 is 13.0. The number of rotatable bonds is 4. The monoisotopic (exact) mass is 368 g/mol. The van der Waals surface area contributed by atoms with Crippen LogP contribution in [0.2, 0.25) is 0 Å². The van der Waals surface area contributed by atoms with Gasteiger partial charge in [0.2, 0.25) is 11.9 Å². The number of nitrogens with zero attached hydrogens (tertiary/aromatic N) is 3. The summed E-state index contributed by atoms with van der Waals surface area (Å²) in [5.41, 5.74) is 3.08. The van der Waals surface area contributed by atoms with Crippen LogP contribution in [0.25, 0.3) is 0 Å². The molecule has 1 saturated heterocycles. The number of hydrogen-bond donors (Lipinski definition) is 1. The first-order valence-electron chi connectivity index (χ1n) is 9.81. The molecule has 1 N–H and O–H groups in total. The topological polar surface area (TPSA) is 58.1 Å². The van der Waals surface area contributed by atoms with Crippen LogP contribution in [0.4, 0.5) is 10.3 Å². The van der Waals surface area contributed by atoms with Gasteiger partial charge in [0, 0.05) is 37.4 Å². The average Bonchev–Trinajstić information content (AvgIpc) is 2.73. The van der Waals surface area contributed by atoms with Gasteiger partial charge in [-0.15, -0.1) is 0 Å². The van der Waals surface area contributed by atoms with Crippen LogP contribution in [0.1, 0.15) is 42.5 Å². The van der Waals surface area contributed by atoms with E-state index in [1.54, 1.807) is 12.1 Å². The third kappa shape index (κ3) is 4.26. The van der Waals surface area contributed by atoms with E-state index in [1.165, 1.54) is 31.4 Å². The molecule has 6 heteroatoms. The Balaban J connectivity index is 1.36. The molecule has 1 aromatic carbocycles. The zero-order valence-corrected chi connectivity index (χ0v) is 15.5. The standard InChI is InChI=1S/C21H25FN4O/c22-18-7-4-15(5-8-18)13-23-20(27)16-6-9-19-17(12-16)14-24-21(25-19)26-10-2-1-3-11-26/h4-5,7-8,14,16H,1-3,6,9-13H2,(H,23,27). The average molecular weight is 368 g/mol. The van der Waals surface area contributed by atoms with Crippen LogP contribution in [0.5, 0.6) is 0 Å². The lowest BCUT2D eigenvalue weighted by Crippen LogP contribution is -2.35. The molecule has 2 heterocycles. The molecule has 27 heavy (non-hydrogen) atoms. The Kier molecular flexibility index (Phi) is 5.32. The van der Waals surface area contributed by atoms with Crippen LogP contribution in [0.15, 0.2) is 30.5 Å². The Labute approximate surface area is 159 Å². The summed E-state index contributed by atoms with van der Waals surface area (Å²) >= 11 is 0. The van der Waals surface area contributed by atoms with Crippen LogP contribution in [0, 0.1) is 11.7 Å². The SMILES string of the molecule is O=C(NCc1ccc(F)cc1)C1CCc2nc(N3CCCCC3)ncc2C1. The van der Waals surface area contributed by atoms with Gasteiger partial charge >= 0.3 is 0 Å². The van der Waals surface area contributed by atoms with E-state index in [1.807, 2.05) is 6.20 Å². The molecule has 0 spiro atoms. The predicted molar refractivity (Wildman–Crippen MR) is 102 cm³/mol. The van der Waals surface area contributed by atoms with Gasteiger partial charge in [-0.3, -0.25) is 4.79 Å². The molecule has 1 unspecified atom stereocenters. The number of carbonyl (C=O) groups is 1. The largest absolute Gasteiger partial charge is 0.352 e. The predicted octanol–water partition coefficient (Wildman–Crippen LogP) is 3.03. The summed E-state index contributed by atoms with van der Waals surface area (Å²) in [4.78, 5) is 24.1. The number of nitrogens with one attached hydrogen (secondary N) is 1. The third-order valence-corrected chi connectivity index (χ3v) is 5.53. The zero-order valence-electron chi connectivity index (χ0n) is 15.5. The van der Waals surface area contributed by atoms with Gasteiger partial charge in [-0.1, -0.05) is 12.1 Å². The fourth-order valence-corrected chi connectivity index (χ4v) is 3.90. The Morgan fingerprint density at radius 1 is 1.19 bits per heavy atom. The lowest BCUT2D eigenvalue weighted by molar-refractivity contribution is -0.125. The quantitative estimate of drug-likeness (QED) is 0.901. The highest BCUT2D eigenvalue weighted by atomic mass is 19.1. The molecule has 142 valence electrons. The number of halogens is 1. The van der Waals surface area contributed by atoms with Gasteiger partial charge in [0.25, 0.3) is 0 Å². The molecule has 4 rings (SSSR count). The number of aromatic nitrogens is 2. The highest BCUT2D eigenvalue weighted by molar-refractivity contribution is 5.79. The van der Waals surface area contributed by atoms with Gasteiger partial charge in [-0.05, 0) is 61.8 Å². The first-order valence-corrected chi connectivity index (χ1v) is 9.81. The summed E-state index contributed by atoms with van der Waals surface area (Å²) in [6.07, 6.45) is 7.91. The van der Waals surface area contributed by atoms with Gasteiger partial charge < -0.3 is 10.2 Å². The van der Waals surface area contributed by atoms with Crippen LogP contribution >= 0.6 is 0 Å². The molecule has 1 aliphatic carbocycles. The summed E-state index contributed by atoms with van der Waals surface area (Å²) in [5.74, 6) is 0.568. The number of benzene rings is 1. The Hall–Kier alpha value is -2.50. The molecule has 0 saturated carbocycles. The van der Waals surface area contributed by atoms with Crippen LogP contribution in [-0.2, 0) is 24.2 Å². The van der Waals surface area contributed by atoms with E-state index in [9.17, 15) is 9.18 Å². The number of anilines is 1. The van der Waals surface area contributed by atoms with E-state index in [0.29, 0.717) is 13.0 Å². The van der Waals surface area contributed by atoms with E-state index >= 15 is 0 Å². The third-order valence-electron chi connectivity index (χ3n) is 5.53. The number of amides is 1. The van der Waals surface area contributed by atoms with Gasteiger partial charge in [0.15, 0.2) is 0 Å². The molecule has 1 aromatic heterocycles. The van der Waals surface area contributed by atoms with Crippen molar-refractivity contribution in [1.82, 2.24) is 15.3 Å².